The van der Waals surface area contributed by atoms with E-state index in [2.05, 4.69) is 23.6 Å². The minimum atomic E-state index is 0.0656. The van der Waals surface area contributed by atoms with Crippen LogP contribution in [0.25, 0.3) is 0 Å². The van der Waals surface area contributed by atoms with Crippen molar-refractivity contribution >= 4 is 23.0 Å². The fourth-order valence-electron chi connectivity index (χ4n) is 2.92. The third kappa shape index (κ3) is 2.72. The summed E-state index contributed by atoms with van der Waals surface area (Å²) in [6.45, 7) is 2.89. The number of ether oxygens (including phenoxy) is 1. The molecule has 0 bridgehead atoms. The molecule has 1 amide bonds. The number of benzene rings is 1. The number of carbonyl (C=O) groups excluding carboxylic acids is 1. The van der Waals surface area contributed by atoms with Gasteiger partial charge >= 0.3 is 0 Å². The lowest BCUT2D eigenvalue weighted by Gasteiger charge is -2.29. The SMILES string of the molecule is CC1CC(Nc2cc3c(cc2N)NC(=O)CC3)CCO1. The van der Waals surface area contributed by atoms with Crippen LogP contribution >= 0.6 is 0 Å². The molecule has 5 heteroatoms. The van der Waals surface area contributed by atoms with Gasteiger partial charge < -0.3 is 21.1 Å². The van der Waals surface area contributed by atoms with E-state index in [0.717, 1.165) is 42.8 Å². The van der Waals surface area contributed by atoms with Crippen molar-refractivity contribution < 1.29 is 9.53 Å². The smallest absolute Gasteiger partial charge is 0.224 e. The molecule has 2 aliphatic rings. The van der Waals surface area contributed by atoms with Gasteiger partial charge in [-0.1, -0.05) is 0 Å². The van der Waals surface area contributed by atoms with Crippen molar-refractivity contribution in [1.82, 2.24) is 0 Å². The van der Waals surface area contributed by atoms with E-state index in [9.17, 15) is 4.79 Å². The molecule has 2 unspecified atom stereocenters. The average Bonchev–Trinajstić information content (AvgIpc) is 2.40. The molecule has 0 aliphatic carbocycles. The molecule has 2 atom stereocenters. The maximum absolute atomic E-state index is 11.4. The first-order valence-corrected chi connectivity index (χ1v) is 7.22. The van der Waals surface area contributed by atoms with Gasteiger partial charge in [-0.25, -0.2) is 0 Å². The number of nitrogens with one attached hydrogen (secondary N) is 2. The Morgan fingerprint density at radius 3 is 3.05 bits per heavy atom. The Balaban J connectivity index is 1.78. The number of anilines is 3. The Kier molecular flexibility index (Phi) is 3.53. The Hall–Kier alpha value is -1.75. The van der Waals surface area contributed by atoms with Crippen LogP contribution in [-0.4, -0.2) is 24.7 Å². The zero-order chi connectivity index (χ0) is 14.1. The van der Waals surface area contributed by atoms with Gasteiger partial charge in [0.25, 0.3) is 0 Å². The summed E-state index contributed by atoms with van der Waals surface area (Å²) >= 11 is 0. The predicted molar refractivity (Wildman–Crippen MR) is 79.9 cm³/mol. The van der Waals surface area contributed by atoms with Crippen molar-refractivity contribution in [2.45, 2.75) is 44.8 Å². The number of carbonyl (C=O) groups is 1. The van der Waals surface area contributed by atoms with Crippen LogP contribution in [-0.2, 0) is 16.0 Å². The Morgan fingerprint density at radius 2 is 2.25 bits per heavy atom. The van der Waals surface area contributed by atoms with E-state index in [-0.39, 0.29) is 5.91 Å². The summed E-state index contributed by atoms with van der Waals surface area (Å²) in [4.78, 5) is 11.4. The summed E-state index contributed by atoms with van der Waals surface area (Å²) in [6.07, 6.45) is 3.61. The van der Waals surface area contributed by atoms with Crippen molar-refractivity contribution in [3.8, 4) is 0 Å². The van der Waals surface area contributed by atoms with Crippen LogP contribution in [0.3, 0.4) is 0 Å². The molecular formula is C15H21N3O2. The number of aryl methyl sites for hydroxylation is 1. The molecule has 3 rings (SSSR count). The standard InChI is InChI=1S/C15H21N3O2/c1-9-6-11(4-5-20-9)17-14-7-10-2-3-15(19)18-13(10)8-12(14)16/h7-9,11,17H,2-6,16H2,1H3,(H,18,19). The summed E-state index contributed by atoms with van der Waals surface area (Å²) in [5.74, 6) is 0.0656. The zero-order valence-corrected chi connectivity index (χ0v) is 11.7. The van der Waals surface area contributed by atoms with Crippen LogP contribution in [0.1, 0.15) is 31.7 Å². The van der Waals surface area contributed by atoms with Gasteiger partial charge in [0.1, 0.15) is 0 Å². The monoisotopic (exact) mass is 275 g/mol. The summed E-state index contributed by atoms with van der Waals surface area (Å²) in [5, 5.41) is 6.40. The molecule has 0 saturated carbocycles. The number of nitrogen functional groups attached to an aromatic ring is 1. The van der Waals surface area contributed by atoms with Gasteiger partial charge in [0.2, 0.25) is 5.91 Å². The molecule has 1 aromatic carbocycles. The molecule has 0 aromatic heterocycles. The first kappa shape index (κ1) is 13.2. The van der Waals surface area contributed by atoms with Crippen molar-refractivity contribution in [2.75, 3.05) is 23.0 Å². The molecule has 1 aromatic rings. The highest BCUT2D eigenvalue weighted by atomic mass is 16.5. The number of hydrogen-bond acceptors (Lipinski definition) is 4. The second kappa shape index (κ2) is 5.32. The third-order valence-corrected chi connectivity index (χ3v) is 4.02. The summed E-state index contributed by atoms with van der Waals surface area (Å²) < 4.78 is 5.56. The van der Waals surface area contributed by atoms with Crippen molar-refractivity contribution in [2.24, 2.45) is 0 Å². The Morgan fingerprint density at radius 1 is 1.40 bits per heavy atom. The number of nitrogens with two attached hydrogens (primary N) is 1. The Bertz CT molecular complexity index is 530. The fraction of sp³-hybridized carbons (Fsp3) is 0.533. The highest BCUT2D eigenvalue weighted by Crippen LogP contribution is 2.32. The maximum atomic E-state index is 11.4. The van der Waals surface area contributed by atoms with Gasteiger partial charge in [0, 0.05) is 24.8 Å². The van der Waals surface area contributed by atoms with Gasteiger partial charge in [-0.05, 0) is 43.9 Å². The van der Waals surface area contributed by atoms with E-state index in [1.54, 1.807) is 0 Å². The maximum Gasteiger partial charge on any atom is 0.224 e. The highest BCUT2D eigenvalue weighted by molar-refractivity contribution is 5.95. The fourth-order valence-corrected chi connectivity index (χ4v) is 2.92. The van der Waals surface area contributed by atoms with Crippen LogP contribution in [0.5, 0.6) is 0 Å². The lowest BCUT2D eigenvalue weighted by Crippen LogP contribution is -2.32. The third-order valence-electron chi connectivity index (χ3n) is 4.02. The van der Waals surface area contributed by atoms with Crippen LogP contribution in [0, 0.1) is 0 Å². The largest absolute Gasteiger partial charge is 0.397 e. The van der Waals surface area contributed by atoms with Crippen LogP contribution < -0.4 is 16.4 Å². The van der Waals surface area contributed by atoms with Crippen molar-refractivity contribution in [1.29, 1.82) is 0 Å². The van der Waals surface area contributed by atoms with E-state index < -0.39 is 0 Å². The van der Waals surface area contributed by atoms with E-state index >= 15 is 0 Å². The van der Waals surface area contributed by atoms with Crippen LogP contribution in [0.4, 0.5) is 17.1 Å². The number of rotatable bonds is 2. The second-order valence-corrected chi connectivity index (χ2v) is 5.69. The van der Waals surface area contributed by atoms with Gasteiger partial charge in [0.15, 0.2) is 0 Å². The molecule has 0 spiro atoms. The number of amides is 1. The number of hydrogen-bond donors (Lipinski definition) is 3. The van der Waals surface area contributed by atoms with Crippen LogP contribution in [0.15, 0.2) is 12.1 Å². The van der Waals surface area contributed by atoms with Gasteiger partial charge in [0.05, 0.1) is 17.5 Å². The Labute approximate surface area is 118 Å². The summed E-state index contributed by atoms with van der Waals surface area (Å²) in [7, 11) is 0. The molecule has 1 saturated heterocycles. The lowest BCUT2D eigenvalue weighted by atomic mass is 9.99. The molecule has 5 nitrogen and oxygen atoms in total. The molecule has 1 fully saturated rings. The minimum Gasteiger partial charge on any atom is -0.397 e. The normalized spacial score (nSPS) is 25.8. The van der Waals surface area contributed by atoms with E-state index in [0.29, 0.717) is 24.3 Å². The summed E-state index contributed by atoms with van der Waals surface area (Å²) in [5.41, 5.74) is 9.76. The highest BCUT2D eigenvalue weighted by Gasteiger charge is 2.21. The topological polar surface area (TPSA) is 76.4 Å². The molecular weight excluding hydrogens is 254 g/mol. The van der Waals surface area contributed by atoms with Crippen LogP contribution in [0.2, 0.25) is 0 Å². The number of fused-ring (bicyclic) bond motifs is 1. The molecule has 108 valence electrons. The molecule has 2 aliphatic heterocycles. The molecule has 20 heavy (non-hydrogen) atoms. The lowest BCUT2D eigenvalue weighted by molar-refractivity contribution is -0.116. The zero-order valence-electron chi connectivity index (χ0n) is 11.7. The van der Waals surface area contributed by atoms with E-state index in [4.69, 9.17) is 10.5 Å². The molecule has 0 radical (unpaired) electrons. The van der Waals surface area contributed by atoms with Gasteiger partial charge in [-0.2, -0.15) is 0 Å². The van der Waals surface area contributed by atoms with Gasteiger partial charge in [-0.3, -0.25) is 4.79 Å². The second-order valence-electron chi connectivity index (χ2n) is 5.69. The average molecular weight is 275 g/mol. The van der Waals surface area contributed by atoms with E-state index in [1.165, 1.54) is 0 Å². The van der Waals surface area contributed by atoms with Crippen molar-refractivity contribution in [3.05, 3.63) is 17.7 Å². The molecule has 2 heterocycles. The molecule has 4 N–H and O–H groups in total. The van der Waals surface area contributed by atoms with Gasteiger partial charge in [-0.15, -0.1) is 0 Å². The van der Waals surface area contributed by atoms with E-state index in [1.807, 2.05) is 6.07 Å². The first-order chi connectivity index (χ1) is 9.61. The quantitative estimate of drug-likeness (QED) is 0.723. The summed E-state index contributed by atoms with van der Waals surface area (Å²) in [6, 6.07) is 4.33. The minimum absolute atomic E-state index is 0.0656. The first-order valence-electron chi connectivity index (χ1n) is 7.22. The predicted octanol–water partition coefficient (Wildman–Crippen LogP) is 2.13. The van der Waals surface area contributed by atoms with Crippen molar-refractivity contribution in [3.63, 3.8) is 0 Å².